The van der Waals surface area contributed by atoms with Crippen LogP contribution < -0.4 is 0 Å². The summed E-state index contributed by atoms with van der Waals surface area (Å²) in [5.41, 5.74) is 0.641. The summed E-state index contributed by atoms with van der Waals surface area (Å²) >= 11 is 0. The zero-order valence-electron chi connectivity index (χ0n) is 15.3. The molecule has 0 saturated carbocycles. The molecule has 0 unspecified atom stereocenters. The second-order valence-electron chi connectivity index (χ2n) is 6.45. The maximum Gasteiger partial charge on any atom is 0.419 e. The molecule has 0 aliphatic rings. The Morgan fingerprint density at radius 3 is 2.32 bits per heavy atom. The molecule has 6 heteroatoms. The summed E-state index contributed by atoms with van der Waals surface area (Å²) in [5.74, 6) is 0. The lowest BCUT2D eigenvalue weighted by Crippen LogP contribution is -2.29. The van der Waals surface area contributed by atoms with E-state index in [1.165, 1.54) is 4.57 Å². The standard InChI is InChI=1S/C19H24N2O4/c1-6-23-17(24-7-2)16-14(12-20)13-10-8-9-11-15(13)21(16)18(22)25-19(3,4)5/h8-11,17H,6-7H2,1-5H3. The number of nitriles is 1. The van der Waals surface area contributed by atoms with Gasteiger partial charge in [0.2, 0.25) is 6.29 Å². The van der Waals surface area contributed by atoms with Gasteiger partial charge in [-0.25, -0.2) is 9.36 Å². The Morgan fingerprint density at radius 2 is 1.80 bits per heavy atom. The molecule has 2 aromatic rings. The van der Waals surface area contributed by atoms with Gasteiger partial charge in [0.1, 0.15) is 17.4 Å². The third-order valence-corrected chi connectivity index (χ3v) is 3.46. The van der Waals surface area contributed by atoms with Crippen molar-refractivity contribution in [3.8, 4) is 6.07 Å². The van der Waals surface area contributed by atoms with E-state index >= 15 is 0 Å². The molecule has 0 fully saturated rings. The lowest BCUT2D eigenvalue weighted by molar-refractivity contribution is -0.143. The van der Waals surface area contributed by atoms with Gasteiger partial charge in [-0.3, -0.25) is 0 Å². The van der Waals surface area contributed by atoms with Crippen LogP contribution in [0.4, 0.5) is 4.79 Å². The molecule has 1 heterocycles. The highest BCUT2D eigenvalue weighted by molar-refractivity contribution is 5.95. The molecular weight excluding hydrogens is 320 g/mol. The Hall–Kier alpha value is -2.36. The van der Waals surface area contributed by atoms with Crippen LogP contribution >= 0.6 is 0 Å². The van der Waals surface area contributed by atoms with Gasteiger partial charge in [-0.05, 0) is 40.7 Å². The molecule has 1 aromatic heterocycles. The van der Waals surface area contributed by atoms with Gasteiger partial charge in [-0.15, -0.1) is 0 Å². The van der Waals surface area contributed by atoms with Gasteiger partial charge in [0.15, 0.2) is 0 Å². The van der Waals surface area contributed by atoms with E-state index in [1.54, 1.807) is 32.9 Å². The smallest absolute Gasteiger partial charge is 0.419 e. The van der Waals surface area contributed by atoms with Crippen LogP contribution in [-0.4, -0.2) is 29.5 Å². The molecule has 0 spiro atoms. The normalized spacial score (nSPS) is 11.7. The highest BCUT2D eigenvalue weighted by Gasteiger charge is 2.30. The first-order chi connectivity index (χ1) is 11.8. The summed E-state index contributed by atoms with van der Waals surface area (Å²) < 4.78 is 18.2. The quantitative estimate of drug-likeness (QED) is 0.753. The number of nitrogens with zero attached hydrogens (tertiary/aromatic N) is 2. The first-order valence-corrected chi connectivity index (χ1v) is 8.34. The second kappa shape index (κ2) is 7.68. The number of fused-ring (bicyclic) bond motifs is 1. The average molecular weight is 344 g/mol. The number of aromatic nitrogens is 1. The van der Waals surface area contributed by atoms with Crippen molar-refractivity contribution in [2.24, 2.45) is 0 Å². The molecule has 0 aliphatic heterocycles. The maximum atomic E-state index is 12.9. The van der Waals surface area contributed by atoms with Crippen molar-refractivity contribution in [3.63, 3.8) is 0 Å². The summed E-state index contributed by atoms with van der Waals surface area (Å²) in [6.45, 7) is 9.81. The predicted octanol–water partition coefficient (Wildman–Crippen LogP) is 4.37. The molecule has 25 heavy (non-hydrogen) atoms. The minimum absolute atomic E-state index is 0.355. The summed E-state index contributed by atoms with van der Waals surface area (Å²) in [6, 6.07) is 9.39. The fourth-order valence-electron chi connectivity index (χ4n) is 2.61. The Bertz CT molecular complexity index is 790. The molecule has 0 N–H and O–H groups in total. The van der Waals surface area contributed by atoms with Gasteiger partial charge < -0.3 is 14.2 Å². The maximum absolute atomic E-state index is 12.9. The van der Waals surface area contributed by atoms with Crippen LogP contribution in [0.1, 0.15) is 52.2 Å². The van der Waals surface area contributed by atoms with Crippen molar-refractivity contribution in [1.29, 1.82) is 5.26 Å². The van der Waals surface area contributed by atoms with Crippen molar-refractivity contribution < 1.29 is 19.0 Å². The number of carbonyl (C=O) groups excluding carboxylic acids is 1. The molecule has 0 atom stereocenters. The van der Waals surface area contributed by atoms with Crippen LogP contribution in [0, 0.1) is 11.3 Å². The monoisotopic (exact) mass is 344 g/mol. The summed E-state index contributed by atoms with van der Waals surface area (Å²) in [7, 11) is 0. The Morgan fingerprint density at radius 1 is 1.20 bits per heavy atom. The van der Waals surface area contributed by atoms with Crippen molar-refractivity contribution in [1.82, 2.24) is 4.57 Å². The van der Waals surface area contributed by atoms with Gasteiger partial charge >= 0.3 is 6.09 Å². The van der Waals surface area contributed by atoms with E-state index in [0.29, 0.717) is 35.4 Å². The lowest BCUT2D eigenvalue weighted by atomic mass is 10.1. The number of ether oxygens (including phenoxy) is 3. The van der Waals surface area contributed by atoms with E-state index in [-0.39, 0.29) is 0 Å². The molecule has 1 aromatic carbocycles. The number of benzene rings is 1. The fraction of sp³-hybridized carbons (Fsp3) is 0.474. The highest BCUT2D eigenvalue weighted by Crippen LogP contribution is 2.33. The minimum Gasteiger partial charge on any atom is -0.443 e. The van der Waals surface area contributed by atoms with Crippen LogP contribution in [0.2, 0.25) is 0 Å². The Balaban J connectivity index is 2.74. The average Bonchev–Trinajstić information content (AvgIpc) is 2.87. The van der Waals surface area contributed by atoms with Crippen LogP contribution in [0.5, 0.6) is 0 Å². The van der Waals surface area contributed by atoms with Gasteiger partial charge in [0.05, 0.1) is 11.1 Å². The molecule has 2 rings (SSSR count). The van der Waals surface area contributed by atoms with Crippen LogP contribution in [0.15, 0.2) is 24.3 Å². The molecular formula is C19H24N2O4. The number of rotatable bonds is 5. The fourth-order valence-corrected chi connectivity index (χ4v) is 2.61. The zero-order valence-corrected chi connectivity index (χ0v) is 15.3. The largest absolute Gasteiger partial charge is 0.443 e. The van der Waals surface area contributed by atoms with E-state index in [9.17, 15) is 10.1 Å². The first kappa shape index (κ1) is 19.0. The lowest BCUT2D eigenvalue weighted by Gasteiger charge is -2.23. The van der Waals surface area contributed by atoms with Crippen molar-refractivity contribution in [2.75, 3.05) is 13.2 Å². The SMILES string of the molecule is CCOC(OCC)c1c(C#N)c2ccccc2n1C(=O)OC(C)(C)C. The van der Waals surface area contributed by atoms with Crippen molar-refractivity contribution in [3.05, 3.63) is 35.5 Å². The number of hydrogen-bond donors (Lipinski definition) is 0. The molecule has 0 radical (unpaired) electrons. The van der Waals surface area contributed by atoms with Crippen LogP contribution in [0.3, 0.4) is 0 Å². The molecule has 134 valence electrons. The van der Waals surface area contributed by atoms with Crippen LogP contribution in [-0.2, 0) is 14.2 Å². The molecule has 0 aliphatic carbocycles. The molecule has 6 nitrogen and oxygen atoms in total. The molecule has 0 amide bonds. The van der Waals surface area contributed by atoms with Gasteiger partial charge in [0.25, 0.3) is 0 Å². The number of para-hydroxylation sites is 1. The minimum atomic E-state index is -0.829. The second-order valence-corrected chi connectivity index (χ2v) is 6.45. The predicted molar refractivity (Wildman–Crippen MR) is 94.3 cm³/mol. The highest BCUT2D eigenvalue weighted by atomic mass is 16.7. The first-order valence-electron chi connectivity index (χ1n) is 8.34. The van der Waals surface area contributed by atoms with Crippen molar-refractivity contribution in [2.45, 2.75) is 46.5 Å². The molecule has 0 bridgehead atoms. The van der Waals surface area contributed by atoms with E-state index in [2.05, 4.69) is 6.07 Å². The zero-order chi connectivity index (χ0) is 18.6. The van der Waals surface area contributed by atoms with Crippen molar-refractivity contribution >= 4 is 17.0 Å². The van der Waals surface area contributed by atoms with E-state index in [0.717, 1.165) is 0 Å². The van der Waals surface area contributed by atoms with E-state index in [1.807, 2.05) is 26.0 Å². The molecule has 0 saturated heterocycles. The van der Waals surface area contributed by atoms with Gasteiger partial charge in [-0.2, -0.15) is 5.26 Å². The third-order valence-electron chi connectivity index (χ3n) is 3.46. The Kier molecular flexibility index (Phi) is 5.83. The summed E-state index contributed by atoms with van der Waals surface area (Å²) in [5, 5.41) is 10.4. The van der Waals surface area contributed by atoms with Gasteiger partial charge in [-0.1, -0.05) is 18.2 Å². The Labute approximate surface area is 147 Å². The van der Waals surface area contributed by atoms with Gasteiger partial charge in [0, 0.05) is 18.6 Å². The van der Waals surface area contributed by atoms with Crippen LogP contribution in [0.25, 0.3) is 10.9 Å². The summed E-state index contributed by atoms with van der Waals surface area (Å²) in [6.07, 6.45) is -1.39. The van der Waals surface area contributed by atoms with E-state index < -0.39 is 18.0 Å². The van der Waals surface area contributed by atoms with E-state index in [4.69, 9.17) is 14.2 Å². The summed E-state index contributed by atoms with van der Waals surface area (Å²) in [4.78, 5) is 12.9. The third kappa shape index (κ3) is 4.01. The topological polar surface area (TPSA) is 73.5 Å². The number of carbonyl (C=O) groups is 1. The number of hydrogen-bond acceptors (Lipinski definition) is 5.